The standard InChI is InChI=1S/C22H16ClFN4OS3/c23-14-9-11-15(12-10-14)31-19-8-4-3-7-18(19)25-20(29)13-30-22-28-27-21(32-22)26-17-6-2-1-5-16(17)24/h1-12H,13H2,(H,25,29)(H,26,27). The summed E-state index contributed by atoms with van der Waals surface area (Å²) in [6.45, 7) is 0. The molecule has 0 aliphatic heterocycles. The van der Waals surface area contributed by atoms with Gasteiger partial charge >= 0.3 is 0 Å². The summed E-state index contributed by atoms with van der Waals surface area (Å²) in [5.74, 6) is -0.349. The molecule has 0 saturated heterocycles. The van der Waals surface area contributed by atoms with Crippen molar-refractivity contribution in [3.8, 4) is 0 Å². The van der Waals surface area contributed by atoms with Gasteiger partial charge in [-0.2, -0.15) is 0 Å². The number of nitrogens with one attached hydrogen (secondary N) is 2. The first-order valence-electron chi connectivity index (χ1n) is 9.37. The number of hydrogen-bond donors (Lipinski definition) is 2. The number of nitrogens with zero attached hydrogens (tertiary/aromatic N) is 2. The Hall–Kier alpha value is -2.59. The van der Waals surface area contributed by atoms with Gasteiger partial charge in [-0.15, -0.1) is 10.2 Å². The van der Waals surface area contributed by atoms with Crippen LogP contribution in [0.5, 0.6) is 0 Å². The third-order valence-electron chi connectivity index (χ3n) is 4.05. The highest BCUT2D eigenvalue weighted by atomic mass is 35.5. The summed E-state index contributed by atoms with van der Waals surface area (Å²) in [5, 5.41) is 15.0. The molecule has 0 spiro atoms. The van der Waals surface area contributed by atoms with Gasteiger partial charge in [0.1, 0.15) is 5.82 Å². The van der Waals surface area contributed by atoms with Crippen molar-refractivity contribution in [2.75, 3.05) is 16.4 Å². The summed E-state index contributed by atoms with van der Waals surface area (Å²) in [6, 6.07) is 21.5. The van der Waals surface area contributed by atoms with Crippen molar-refractivity contribution in [3.05, 3.63) is 83.6 Å². The predicted molar refractivity (Wildman–Crippen MR) is 131 cm³/mol. The lowest BCUT2D eigenvalue weighted by Crippen LogP contribution is -2.14. The molecule has 3 aromatic carbocycles. The van der Waals surface area contributed by atoms with Crippen LogP contribution in [-0.2, 0) is 4.79 Å². The van der Waals surface area contributed by atoms with Gasteiger partial charge in [-0.25, -0.2) is 4.39 Å². The van der Waals surface area contributed by atoms with Gasteiger partial charge in [0.15, 0.2) is 4.34 Å². The molecule has 4 aromatic rings. The second-order valence-electron chi connectivity index (χ2n) is 6.37. The Morgan fingerprint density at radius 1 is 0.969 bits per heavy atom. The lowest BCUT2D eigenvalue weighted by Gasteiger charge is -2.10. The van der Waals surface area contributed by atoms with Crippen LogP contribution in [0.15, 0.2) is 86.9 Å². The molecule has 1 aromatic heterocycles. The van der Waals surface area contributed by atoms with Gasteiger partial charge in [0.25, 0.3) is 0 Å². The molecule has 0 aliphatic carbocycles. The number of anilines is 3. The second-order valence-corrected chi connectivity index (χ2v) is 10.1. The van der Waals surface area contributed by atoms with Crippen LogP contribution in [0.2, 0.25) is 5.02 Å². The maximum absolute atomic E-state index is 13.8. The third-order valence-corrected chi connectivity index (χ3v) is 7.36. The fourth-order valence-electron chi connectivity index (χ4n) is 2.60. The largest absolute Gasteiger partial charge is 0.328 e. The van der Waals surface area contributed by atoms with E-state index in [0.717, 1.165) is 15.5 Å². The fraction of sp³-hybridized carbons (Fsp3) is 0.0455. The average molecular weight is 503 g/mol. The van der Waals surface area contributed by atoms with E-state index < -0.39 is 0 Å². The molecule has 0 atom stereocenters. The van der Waals surface area contributed by atoms with E-state index in [-0.39, 0.29) is 17.5 Å². The minimum absolute atomic E-state index is 0.155. The molecule has 0 radical (unpaired) electrons. The van der Waals surface area contributed by atoms with Gasteiger partial charge in [0, 0.05) is 14.8 Å². The zero-order valence-corrected chi connectivity index (χ0v) is 19.6. The number of benzene rings is 3. The third kappa shape index (κ3) is 6.23. The van der Waals surface area contributed by atoms with Crippen LogP contribution < -0.4 is 10.6 Å². The number of amides is 1. The highest BCUT2D eigenvalue weighted by molar-refractivity contribution is 8.01. The number of para-hydroxylation sites is 2. The molecule has 1 heterocycles. The molecule has 162 valence electrons. The number of carbonyl (C=O) groups is 1. The Balaban J connectivity index is 1.33. The molecule has 0 fully saturated rings. The lowest BCUT2D eigenvalue weighted by atomic mass is 10.3. The Kier molecular flexibility index (Phi) is 7.64. The highest BCUT2D eigenvalue weighted by Gasteiger charge is 2.12. The first-order valence-corrected chi connectivity index (χ1v) is 12.4. The lowest BCUT2D eigenvalue weighted by molar-refractivity contribution is -0.113. The van der Waals surface area contributed by atoms with E-state index in [1.165, 1.54) is 29.2 Å². The monoisotopic (exact) mass is 502 g/mol. The maximum atomic E-state index is 13.8. The summed E-state index contributed by atoms with van der Waals surface area (Å²) in [7, 11) is 0. The van der Waals surface area contributed by atoms with Gasteiger partial charge < -0.3 is 10.6 Å². The number of thioether (sulfide) groups is 1. The molecule has 32 heavy (non-hydrogen) atoms. The number of carbonyl (C=O) groups excluding carboxylic acids is 1. The van der Waals surface area contributed by atoms with Gasteiger partial charge in [0.2, 0.25) is 11.0 Å². The minimum Gasteiger partial charge on any atom is -0.328 e. The Morgan fingerprint density at radius 3 is 2.47 bits per heavy atom. The fourth-order valence-corrected chi connectivity index (χ4v) is 5.19. The first-order chi connectivity index (χ1) is 15.6. The summed E-state index contributed by atoms with van der Waals surface area (Å²) in [5.41, 5.74) is 1.06. The van der Waals surface area contributed by atoms with E-state index in [0.29, 0.717) is 20.2 Å². The van der Waals surface area contributed by atoms with E-state index in [4.69, 9.17) is 11.6 Å². The van der Waals surface area contributed by atoms with E-state index in [9.17, 15) is 9.18 Å². The molecule has 1 amide bonds. The molecular formula is C22H16ClFN4OS3. The molecule has 5 nitrogen and oxygen atoms in total. The highest BCUT2D eigenvalue weighted by Crippen LogP contribution is 2.34. The van der Waals surface area contributed by atoms with E-state index in [2.05, 4.69) is 20.8 Å². The van der Waals surface area contributed by atoms with Crippen molar-refractivity contribution < 1.29 is 9.18 Å². The van der Waals surface area contributed by atoms with Crippen molar-refractivity contribution in [2.45, 2.75) is 14.1 Å². The van der Waals surface area contributed by atoms with E-state index in [1.54, 1.807) is 30.0 Å². The van der Waals surface area contributed by atoms with E-state index in [1.807, 2.05) is 48.5 Å². The molecule has 0 aliphatic rings. The van der Waals surface area contributed by atoms with Crippen LogP contribution >= 0.6 is 46.5 Å². The normalized spacial score (nSPS) is 10.7. The van der Waals surface area contributed by atoms with Crippen molar-refractivity contribution in [2.24, 2.45) is 0 Å². The van der Waals surface area contributed by atoms with E-state index >= 15 is 0 Å². The van der Waals surface area contributed by atoms with Gasteiger partial charge in [0.05, 0.1) is 17.1 Å². The van der Waals surface area contributed by atoms with Crippen molar-refractivity contribution >= 4 is 68.9 Å². The maximum Gasteiger partial charge on any atom is 0.234 e. The van der Waals surface area contributed by atoms with Gasteiger partial charge in [-0.1, -0.05) is 70.7 Å². The molecule has 10 heteroatoms. The van der Waals surface area contributed by atoms with Crippen molar-refractivity contribution in [3.63, 3.8) is 0 Å². The van der Waals surface area contributed by atoms with Crippen LogP contribution in [0.1, 0.15) is 0 Å². The number of rotatable bonds is 8. The summed E-state index contributed by atoms with van der Waals surface area (Å²) < 4.78 is 14.4. The molecule has 2 N–H and O–H groups in total. The smallest absolute Gasteiger partial charge is 0.234 e. The average Bonchev–Trinajstić information content (AvgIpc) is 3.24. The van der Waals surface area contributed by atoms with Gasteiger partial charge in [-0.05, 0) is 48.5 Å². The molecule has 0 unspecified atom stereocenters. The van der Waals surface area contributed by atoms with Crippen LogP contribution in [0.4, 0.5) is 20.9 Å². The summed E-state index contributed by atoms with van der Waals surface area (Å²) in [6.07, 6.45) is 0. The molecule has 0 bridgehead atoms. The topological polar surface area (TPSA) is 66.9 Å². The zero-order valence-electron chi connectivity index (χ0n) is 16.4. The van der Waals surface area contributed by atoms with Crippen LogP contribution in [0, 0.1) is 5.82 Å². The Labute approximate surface area is 201 Å². The number of halogens is 2. The quantitative estimate of drug-likeness (QED) is 0.254. The summed E-state index contributed by atoms with van der Waals surface area (Å²) >= 11 is 10.0. The Morgan fingerprint density at radius 2 is 1.69 bits per heavy atom. The molecule has 4 rings (SSSR count). The molecule has 0 saturated carbocycles. The van der Waals surface area contributed by atoms with Crippen LogP contribution in [0.3, 0.4) is 0 Å². The SMILES string of the molecule is O=C(CSc1nnc(Nc2ccccc2F)s1)Nc1ccccc1Sc1ccc(Cl)cc1. The molecular weight excluding hydrogens is 487 g/mol. The first kappa shape index (κ1) is 22.6. The van der Waals surface area contributed by atoms with Crippen LogP contribution in [-0.4, -0.2) is 21.9 Å². The van der Waals surface area contributed by atoms with Crippen molar-refractivity contribution in [1.29, 1.82) is 0 Å². The number of aromatic nitrogens is 2. The predicted octanol–water partition coefficient (Wildman–Crippen LogP) is 6.96. The minimum atomic E-state index is -0.369. The summed E-state index contributed by atoms with van der Waals surface area (Å²) in [4.78, 5) is 14.5. The van der Waals surface area contributed by atoms with Crippen LogP contribution in [0.25, 0.3) is 0 Å². The zero-order chi connectivity index (χ0) is 22.3. The van der Waals surface area contributed by atoms with Crippen molar-refractivity contribution in [1.82, 2.24) is 10.2 Å². The Bertz CT molecular complexity index is 1220. The van der Waals surface area contributed by atoms with Gasteiger partial charge in [-0.3, -0.25) is 4.79 Å². The second kappa shape index (κ2) is 10.8. The number of hydrogen-bond acceptors (Lipinski definition) is 7.